The fourth-order valence-electron chi connectivity index (χ4n) is 11.5. The maximum Gasteiger partial charge on any atom is 0.149 e. The lowest BCUT2D eigenvalue weighted by molar-refractivity contribution is 1.13. The highest BCUT2D eigenvalue weighted by atomic mass is 15.1. The van der Waals surface area contributed by atoms with E-state index in [-0.39, 0.29) is 0 Å². The molecular formula is C70H44N6. The van der Waals surface area contributed by atoms with Crippen LogP contribution >= 0.6 is 0 Å². The SMILES string of the molecule is c1ccc(-c2nc3c4ccccc4nc(-c4cccc(-c5c6ccccc6c(-c6cccc(-c7nc8ccccc8c8nc(-c9ccccc9)c(-c9ccccc9)n78)c6)c6ccccc56)c4)n3c2-c2ccccc2)cc1. The first-order chi connectivity index (χ1) is 37.7. The van der Waals surface area contributed by atoms with Crippen LogP contribution in [-0.4, -0.2) is 28.7 Å². The van der Waals surface area contributed by atoms with E-state index in [9.17, 15) is 0 Å². The van der Waals surface area contributed by atoms with Gasteiger partial charge in [-0.3, -0.25) is 8.80 Å². The van der Waals surface area contributed by atoms with Crippen LogP contribution in [0.15, 0.2) is 267 Å². The Morgan fingerprint density at radius 1 is 0.224 bits per heavy atom. The van der Waals surface area contributed by atoms with Crippen molar-refractivity contribution in [3.8, 4) is 90.1 Å². The highest BCUT2D eigenvalue weighted by Gasteiger charge is 2.25. The van der Waals surface area contributed by atoms with Gasteiger partial charge in [-0.15, -0.1) is 0 Å². The normalized spacial score (nSPS) is 11.7. The first-order valence-electron chi connectivity index (χ1n) is 25.7. The summed E-state index contributed by atoms with van der Waals surface area (Å²) in [6.45, 7) is 0. The van der Waals surface area contributed by atoms with Gasteiger partial charge in [-0.25, -0.2) is 19.9 Å². The molecule has 15 rings (SSSR count). The lowest BCUT2D eigenvalue weighted by atomic mass is 9.85. The third-order valence-electron chi connectivity index (χ3n) is 14.9. The molecule has 4 aromatic heterocycles. The topological polar surface area (TPSA) is 60.4 Å². The minimum Gasteiger partial charge on any atom is -0.275 e. The lowest BCUT2D eigenvalue weighted by Gasteiger charge is -2.19. The molecule has 0 N–H and O–H groups in total. The van der Waals surface area contributed by atoms with E-state index in [0.717, 1.165) is 134 Å². The molecule has 11 aromatic carbocycles. The second-order valence-electron chi connectivity index (χ2n) is 19.3. The average molecular weight is 969 g/mol. The number of benzene rings is 11. The maximum atomic E-state index is 5.50. The monoisotopic (exact) mass is 968 g/mol. The van der Waals surface area contributed by atoms with Gasteiger partial charge in [-0.2, -0.15) is 0 Å². The molecule has 0 saturated heterocycles. The summed E-state index contributed by atoms with van der Waals surface area (Å²) in [7, 11) is 0. The predicted octanol–water partition coefficient (Wildman–Crippen LogP) is 17.7. The molecule has 0 fully saturated rings. The van der Waals surface area contributed by atoms with Crippen molar-refractivity contribution >= 4 is 54.6 Å². The van der Waals surface area contributed by atoms with Crippen LogP contribution in [0.2, 0.25) is 0 Å². The number of fused-ring (bicyclic) bond motifs is 8. The highest BCUT2D eigenvalue weighted by Crippen LogP contribution is 2.46. The van der Waals surface area contributed by atoms with E-state index >= 15 is 0 Å². The van der Waals surface area contributed by atoms with E-state index in [1.165, 1.54) is 11.1 Å². The summed E-state index contributed by atoms with van der Waals surface area (Å²) in [4.78, 5) is 21.9. The molecule has 15 aromatic rings. The van der Waals surface area contributed by atoms with E-state index in [4.69, 9.17) is 19.9 Å². The van der Waals surface area contributed by atoms with Gasteiger partial charge in [0.1, 0.15) is 22.9 Å². The van der Waals surface area contributed by atoms with Crippen molar-refractivity contribution in [2.75, 3.05) is 0 Å². The Morgan fingerprint density at radius 2 is 0.513 bits per heavy atom. The summed E-state index contributed by atoms with van der Waals surface area (Å²) >= 11 is 0. The minimum absolute atomic E-state index is 0.826. The van der Waals surface area contributed by atoms with Crippen LogP contribution < -0.4 is 0 Å². The molecule has 354 valence electrons. The highest BCUT2D eigenvalue weighted by molar-refractivity contribution is 6.21. The third-order valence-corrected chi connectivity index (χ3v) is 14.9. The molecule has 0 amide bonds. The minimum atomic E-state index is 0.826. The van der Waals surface area contributed by atoms with Gasteiger partial charge in [0.05, 0.1) is 33.8 Å². The number of para-hydroxylation sites is 2. The molecule has 0 bridgehead atoms. The van der Waals surface area contributed by atoms with Gasteiger partial charge in [0, 0.05) is 44.2 Å². The molecular weight excluding hydrogens is 925 g/mol. The molecule has 0 aliphatic carbocycles. The number of hydrogen-bond donors (Lipinski definition) is 0. The van der Waals surface area contributed by atoms with Crippen molar-refractivity contribution in [2.24, 2.45) is 0 Å². The number of nitrogens with zero attached hydrogens (tertiary/aromatic N) is 6. The van der Waals surface area contributed by atoms with Crippen molar-refractivity contribution in [1.82, 2.24) is 28.7 Å². The second kappa shape index (κ2) is 17.7. The zero-order chi connectivity index (χ0) is 50.1. The van der Waals surface area contributed by atoms with Crippen LogP contribution in [-0.2, 0) is 0 Å². The second-order valence-corrected chi connectivity index (χ2v) is 19.3. The van der Waals surface area contributed by atoms with E-state index in [0.29, 0.717) is 0 Å². The predicted molar refractivity (Wildman–Crippen MR) is 313 cm³/mol. The van der Waals surface area contributed by atoms with Crippen LogP contribution in [0.1, 0.15) is 0 Å². The number of imidazole rings is 2. The van der Waals surface area contributed by atoms with Crippen LogP contribution in [0.25, 0.3) is 145 Å². The summed E-state index contributed by atoms with van der Waals surface area (Å²) in [5, 5.41) is 6.64. The van der Waals surface area contributed by atoms with Gasteiger partial charge in [0.25, 0.3) is 0 Å². The standard InChI is InChI=1S/C70H44N6/c1-5-23-45(24-6-1)63-65(47-27-9-3-10-28-47)75-67(71-59-41-19-17-39-57(59)69(75)73-63)51-33-21-31-49(43-51)61-53-35-13-15-37-55(53)62(56-38-16-14-36-54(56)61)50-32-22-34-52(44-50)68-72-60-42-20-18-40-58(60)70-74-64(46-25-7-2-8-26-46)66(76(68)70)48-29-11-4-12-30-48/h1-44H. The van der Waals surface area contributed by atoms with Crippen molar-refractivity contribution in [3.05, 3.63) is 267 Å². The fraction of sp³-hybridized carbons (Fsp3) is 0. The van der Waals surface area contributed by atoms with Crippen molar-refractivity contribution in [2.45, 2.75) is 0 Å². The molecule has 4 heterocycles. The van der Waals surface area contributed by atoms with Gasteiger partial charge in [-0.05, 0) is 80.2 Å². The van der Waals surface area contributed by atoms with Gasteiger partial charge in [0.2, 0.25) is 0 Å². The summed E-state index contributed by atoms with van der Waals surface area (Å²) in [6, 6.07) is 94.4. The fourth-order valence-corrected chi connectivity index (χ4v) is 11.5. The first kappa shape index (κ1) is 43.3. The Kier molecular flexibility index (Phi) is 10.1. The number of aromatic nitrogens is 6. The van der Waals surface area contributed by atoms with E-state index in [1.54, 1.807) is 0 Å². The summed E-state index contributed by atoms with van der Waals surface area (Å²) < 4.78 is 4.55. The summed E-state index contributed by atoms with van der Waals surface area (Å²) in [5.41, 5.74) is 18.1. The van der Waals surface area contributed by atoms with Crippen molar-refractivity contribution in [1.29, 1.82) is 0 Å². The van der Waals surface area contributed by atoms with E-state index < -0.39 is 0 Å². The molecule has 6 nitrogen and oxygen atoms in total. The molecule has 0 aliphatic heterocycles. The molecule has 0 aliphatic rings. The zero-order valence-electron chi connectivity index (χ0n) is 41.1. The Labute approximate surface area is 438 Å². The molecule has 0 saturated carbocycles. The average Bonchev–Trinajstić information content (AvgIpc) is 4.20. The van der Waals surface area contributed by atoms with Gasteiger partial charge in [-0.1, -0.05) is 231 Å². The number of hydrogen-bond acceptors (Lipinski definition) is 4. The lowest BCUT2D eigenvalue weighted by Crippen LogP contribution is -2.00. The number of rotatable bonds is 8. The first-order valence-corrected chi connectivity index (χ1v) is 25.7. The van der Waals surface area contributed by atoms with E-state index in [1.807, 2.05) is 0 Å². The Bertz CT molecular complexity index is 4380. The van der Waals surface area contributed by atoms with Gasteiger partial charge >= 0.3 is 0 Å². The molecule has 76 heavy (non-hydrogen) atoms. The summed E-state index contributed by atoms with van der Waals surface area (Å²) in [6.07, 6.45) is 0. The van der Waals surface area contributed by atoms with Crippen molar-refractivity contribution in [3.63, 3.8) is 0 Å². The Morgan fingerprint density at radius 3 is 0.882 bits per heavy atom. The Balaban J connectivity index is 0.947. The molecule has 0 unspecified atom stereocenters. The van der Waals surface area contributed by atoms with Gasteiger partial charge in [0.15, 0.2) is 0 Å². The maximum absolute atomic E-state index is 5.50. The third kappa shape index (κ3) is 6.96. The van der Waals surface area contributed by atoms with Gasteiger partial charge < -0.3 is 0 Å². The zero-order valence-corrected chi connectivity index (χ0v) is 41.1. The smallest absolute Gasteiger partial charge is 0.149 e. The summed E-state index contributed by atoms with van der Waals surface area (Å²) in [5.74, 6) is 1.65. The Hall–Kier alpha value is -10.3. The van der Waals surface area contributed by atoms with Crippen LogP contribution in [0.3, 0.4) is 0 Å². The van der Waals surface area contributed by atoms with Crippen LogP contribution in [0.4, 0.5) is 0 Å². The largest absolute Gasteiger partial charge is 0.275 e. The molecule has 0 spiro atoms. The van der Waals surface area contributed by atoms with E-state index in [2.05, 4.69) is 276 Å². The quantitative estimate of drug-likeness (QED) is 0.142. The molecule has 0 atom stereocenters. The molecule has 0 radical (unpaired) electrons. The van der Waals surface area contributed by atoms with Crippen LogP contribution in [0.5, 0.6) is 0 Å². The molecule has 6 heteroatoms. The van der Waals surface area contributed by atoms with Crippen LogP contribution in [0, 0.1) is 0 Å². The van der Waals surface area contributed by atoms with Crippen molar-refractivity contribution < 1.29 is 0 Å².